The quantitative estimate of drug-likeness (QED) is 0.0222. The zero-order chi connectivity index (χ0) is 66.1. The minimum absolute atomic E-state index is 0.105. The molecule has 19 heteroatoms. The molecule has 0 saturated heterocycles. The molecule has 0 spiro atoms. The zero-order valence-corrected chi connectivity index (χ0v) is 59.8. The van der Waals surface area contributed by atoms with Crippen molar-refractivity contribution in [3.05, 3.63) is 0 Å². The van der Waals surface area contributed by atoms with E-state index in [9.17, 15) is 43.2 Å². The summed E-state index contributed by atoms with van der Waals surface area (Å²) in [6.45, 7) is 14.1. The average Bonchev–Trinajstić information content (AvgIpc) is 3.56. The van der Waals surface area contributed by atoms with Gasteiger partial charge in [-0.25, -0.2) is 9.13 Å². The fourth-order valence-electron chi connectivity index (χ4n) is 10.5. The highest BCUT2D eigenvalue weighted by atomic mass is 31.2. The molecule has 89 heavy (non-hydrogen) atoms. The van der Waals surface area contributed by atoms with E-state index in [4.69, 9.17) is 37.0 Å². The van der Waals surface area contributed by atoms with Gasteiger partial charge < -0.3 is 33.8 Å². The molecule has 6 atom stereocenters. The minimum Gasteiger partial charge on any atom is -0.462 e. The van der Waals surface area contributed by atoms with Crippen LogP contribution in [-0.4, -0.2) is 96.7 Å². The van der Waals surface area contributed by atoms with Gasteiger partial charge in [-0.15, -0.1) is 0 Å². The summed E-state index contributed by atoms with van der Waals surface area (Å²) in [6, 6.07) is 0. The Bertz CT molecular complexity index is 1770. The van der Waals surface area contributed by atoms with Gasteiger partial charge in [-0.1, -0.05) is 293 Å². The van der Waals surface area contributed by atoms with Gasteiger partial charge in [-0.2, -0.15) is 0 Å². The van der Waals surface area contributed by atoms with E-state index in [1.54, 1.807) is 0 Å². The number of hydrogen-bond acceptors (Lipinski definition) is 15. The molecular formula is C70H136O17P2. The second kappa shape index (κ2) is 59.8. The maximum atomic E-state index is 13.0. The number of carbonyl (C=O) groups excluding carboxylic acids is 4. The summed E-state index contributed by atoms with van der Waals surface area (Å²) in [4.78, 5) is 72.5. The smallest absolute Gasteiger partial charge is 0.462 e. The van der Waals surface area contributed by atoms with E-state index < -0.39 is 97.5 Å². The fraction of sp³-hybridized carbons (Fsp3) is 0.943. The molecule has 0 aliphatic rings. The third-order valence-electron chi connectivity index (χ3n) is 16.4. The molecule has 0 saturated carbocycles. The third-order valence-corrected chi connectivity index (χ3v) is 18.3. The number of phosphoric acid groups is 2. The first-order chi connectivity index (χ1) is 42.6. The molecule has 528 valence electrons. The van der Waals surface area contributed by atoms with Crippen molar-refractivity contribution in [1.82, 2.24) is 0 Å². The standard InChI is InChI=1S/C70H136O17P2/c1-9-63(8)49-41-33-24-17-14-15-19-27-37-45-53-70(75)86-65(56-80-67(72)50-42-34-25-21-20-23-31-39-47-61(4)5)58-84-88(76,77)82-54-64(71)55-83-89(78,79)85-59-66(57-81-68(73)51-43-35-29-28-32-40-48-62(6)7)87-69(74)52-44-36-26-18-13-11-10-12-16-22-30-38-46-60(2)3/h60-66,71H,9-59H2,1-8H3,(H,76,77)(H,78,79)/t63?,64-,65-,66-/m1/s1. The molecule has 3 unspecified atom stereocenters. The number of hydrogen-bond donors (Lipinski definition) is 3. The molecule has 0 aromatic heterocycles. The van der Waals surface area contributed by atoms with Crippen molar-refractivity contribution < 1.29 is 80.2 Å². The lowest BCUT2D eigenvalue weighted by Gasteiger charge is -2.21. The van der Waals surface area contributed by atoms with E-state index in [2.05, 4.69) is 55.4 Å². The molecule has 0 aromatic carbocycles. The van der Waals surface area contributed by atoms with Crippen molar-refractivity contribution in [1.29, 1.82) is 0 Å². The maximum Gasteiger partial charge on any atom is 0.472 e. The van der Waals surface area contributed by atoms with Crippen LogP contribution in [-0.2, 0) is 65.4 Å². The van der Waals surface area contributed by atoms with Gasteiger partial charge in [0.05, 0.1) is 26.4 Å². The summed E-state index contributed by atoms with van der Waals surface area (Å²) in [5, 5.41) is 10.6. The Morgan fingerprint density at radius 1 is 0.315 bits per heavy atom. The number of rotatable bonds is 67. The van der Waals surface area contributed by atoms with Gasteiger partial charge >= 0.3 is 39.5 Å². The zero-order valence-electron chi connectivity index (χ0n) is 58.1. The molecule has 3 N–H and O–H groups in total. The number of unbranched alkanes of at least 4 members (excludes halogenated alkanes) is 32. The minimum atomic E-state index is -4.95. The van der Waals surface area contributed by atoms with Crippen molar-refractivity contribution in [3.63, 3.8) is 0 Å². The lowest BCUT2D eigenvalue weighted by atomic mass is 9.99. The summed E-state index contributed by atoms with van der Waals surface area (Å²) >= 11 is 0. The largest absolute Gasteiger partial charge is 0.472 e. The second-order valence-electron chi connectivity index (χ2n) is 26.9. The van der Waals surface area contributed by atoms with E-state index in [0.29, 0.717) is 31.6 Å². The monoisotopic (exact) mass is 1310 g/mol. The number of aliphatic hydroxyl groups is 1. The van der Waals surface area contributed by atoms with Gasteiger partial charge in [0, 0.05) is 25.7 Å². The highest BCUT2D eigenvalue weighted by molar-refractivity contribution is 7.47. The van der Waals surface area contributed by atoms with Crippen molar-refractivity contribution in [3.8, 4) is 0 Å². The molecule has 0 rings (SSSR count). The molecule has 0 aliphatic heterocycles. The lowest BCUT2D eigenvalue weighted by Crippen LogP contribution is -2.30. The molecule has 0 bridgehead atoms. The molecule has 0 radical (unpaired) electrons. The van der Waals surface area contributed by atoms with E-state index in [1.807, 2.05) is 0 Å². The summed E-state index contributed by atoms with van der Waals surface area (Å²) in [5.41, 5.74) is 0. The average molecular weight is 1310 g/mol. The van der Waals surface area contributed by atoms with Gasteiger partial charge in [0.1, 0.15) is 19.3 Å². The Morgan fingerprint density at radius 3 is 0.798 bits per heavy atom. The first-order valence-corrected chi connectivity index (χ1v) is 39.2. The van der Waals surface area contributed by atoms with E-state index >= 15 is 0 Å². The van der Waals surface area contributed by atoms with Gasteiger partial charge in [0.15, 0.2) is 12.2 Å². The highest BCUT2D eigenvalue weighted by Gasteiger charge is 2.30. The van der Waals surface area contributed by atoms with Crippen LogP contribution in [0.25, 0.3) is 0 Å². The fourth-order valence-corrected chi connectivity index (χ4v) is 12.0. The van der Waals surface area contributed by atoms with E-state index in [-0.39, 0.29) is 25.7 Å². The predicted octanol–water partition coefficient (Wildman–Crippen LogP) is 19.7. The van der Waals surface area contributed by atoms with Crippen LogP contribution in [0.3, 0.4) is 0 Å². The SMILES string of the molecule is CCC(C)CCCCCCCCCCCCC(=O)O[C@H](COC(=O)CCCCCCCCCCC(C)C)COP(=O)(O)OC[C@@H](O)COP(=O)(O)OC[C@@H](COC(=O)CCCCCCCCC(C)C)OC(=O)CCCCCCCCCCCCCCC(C)C. The Balaban J connectivity index is 5.25. The summed E-state index contributed by atoms with van der Waals surface area (Å²) in [5.74, 6) is 0.854. The van der Waals surface area contributed by atoms with Gasteiger partial charge in [-0.3, -0.25) is 37.3 Å². The third kappa shape index (κ3) is 63.2. The van der Waals surface area contributed by atoms with Crippen molar-refractivity contribution >= 4 is 39.5 Å². The van der Waals surface area contributed by atoms with E-state index in [0.717, 1.165) is 114 Å². The Kier molecular flexibility index (Phi) is 58.5. The number of carbonyl (C=O) groups is 4. The summed E-state index contributed by atoms with van der Waals surface area (Å²) < 4.78 is 68.3. The Hall–Kier alpha value is -1.94. The van der Waals surface area contributed by atoms with Crippen LogP contribution < -0.4 is 0 Å². The van der Waals surface area contributed by atoms with Gasteiger partial charge in [-0.05, 0) is 49.4 Å². The first-order valence-electron chi connectivity index (χ1n) is 36.2. The van der Waals surface area contributed by atoms with Crippen LogP contribution in [0.1, 0.15) is 344 Å². The van der Waals surface area contributed by atoms with Crippen LogP contribution in [0.5, 0.6) is 0 Å². The van der Waals surface area contributed by atoms with E-state index in [1.165, 1.54) is 141 Å². The normalized spacial score (nSPS) is 14.6. The summed E-state index contributed by atoms with van der Waals surface area (Å²) in [6.07, 6.45) is 41.8. The van der Waals surface area contributed by atoms with Crippen molar-refractivity contribution in [2.75, 3.05) is 39.6 Å². The molecular weight excluding hydrogens is 1170 g/mol. The molecule has 0 amide bonds. The van der Waals surface area contributed by atoms with Gasteiger partial charge in [0.25, 0.3) is 0 Å². The number of aliphatic hydroxyl groups excluding tert-OH is 1. The molecule has 0 fully saturated rings. The molecule has 0 aromatic rings. The van der Waals surface area contributed by atoms with Crippen LogP contribution >= 0.6 is 15.6 Å². The van der Waals surface area contributed by atoms with Crippen LogP contribution in [0.2, 0.25) is 0 Å². The van der Waals surface area contributed by atoms with Gasteiger partial charge in [0.2, 0.25) is 0 Å². The Labute approximate surface area is 543 Å². The predicted molar refractivity (Wildman–Crippen MR) is 358 cm³/mol. The summed E-state index contributed by atoms with van der Waals surface area (Å²) in [7, 11) is -9.90. The van der Waals surface area contributed by atoms with Crippen LogP contribution in [0, 0.1) is 23.7 Å². The lowest BCUT2D eigenvalue weighted by molar-refractivity contribution is -0.161. The maximum absolute atomic E-state index is 13.0. The second-order valence-corrected chi connectivity index (χ2v) is 29.8. The van der Waals surface area contributed by atoms with Crippen LogP contribution in [0.15, 0.2) is 0 Å². The van der Waals surface area contributed by atoms with Crippen LogP contribution in [0.4, 0.5) is 0 Å². The number of esters is 4. The Morgan fingerprint density at radius 2 is 0.539 bits per heavy atom. The first kappa shape index (κ1) is 87.1. The molecule has 0 heterocycles. The number of ether oxygens (including phenoxy) is 4. The highest BCUT2D eigenvalue weighted by Crippen LogP contribution is 2.45. The number of phosphoric ester groups is 2. The van der Waals surface area contributed by atoms with Crippen molar-refractivity contribution in [2.24, 2.45) is 23.7 Å². The molecule has 0 aliphatic carbocycles. The molecule has 17 nitrogen and oxygen atoms in total. The van der Waals surface area contributed by atoms with Crippen molar-refractivity contribution in [2.45, 2.75) is 363 Å². The topological polar surface area (TPSA) is 237 Å².